The molecule has 31 heavy (non-hydrogen) atoms. The molecule has 7 nitrogen and oxygen atoms in total. The monoisotopic (exact) mass is 435 g/mol. The predicted molar refractivity (Wildman–Crippen MR) is 120 cm³/mol. The number of carbonyl (C=O) groups excluding carboxylic acids is 1. The number of amides is 1. The summed E-state index contributed by atoms with van der Waals surface area (Å²) in [4.78, 5) is 12.5. The molecule has 0 saturated heterocycles. The summed E-state index contributed by atoms with van der Waals surface area (Å²) in [5.41, 5.74) is 4.22. The summed E-state index contributed by atoms with van der Waals surface area (Å²) in [6.07, 6.45) is 5.12. The van der Waals surface area contributed by atoms with E-state index in [1.54, 1.807) is 40.1 Å². The summed E-state index contributed by atoms with van der Waals surface area (Å²) in [5, 5.41) is 12.1. The zero-order valence-corrected chi connectivity index (χ0v) is 18.0. The Balaban J connectivity index is 1.35. The third-order valence-corrected chi connectivity index (χ3v) is 5.08. The zero-order chi connectivity index (χ0) is 21.8. The number of anilines is 1. The minimum atomic E-state index is -0.308. The predicted octanol–water partition coefficient (Wildman–Crippen LogP) is 4.69. The van der Waals surface area contributed by atoms with Gasteiger partial charge in [-0.3, -0.25) is 9.48 Å². The fourth-order valence-corrected chi connectivity index (χ4v) is 3.36. The standard InChI is InChI=1S/C23H22ClN5O2/c1-16-5-3-4-6-18(16)13-29-14-20(12-25-29)26-23(30)21-9-10-28(27-21)15-31-22-8-7-19(24)11-17(22)2/h3-12,14H,13,15H2,1-2H3,(H,26,30). The molecular weight excluding hydrogens is 414 g/mol. The van der Waals surface area contributed by atoms with Gasteiger partial charge >= 0.3 is 0 Å². The Bertz CT molecular complexity index is 1210. The Morgan fingerprint density at radius 2 is 1.94 bits per heavy atom. The molecule has 2 aromatic carbocycles. The highest BCUT2D eigenvalue weighted by Crippen LogP contribution is 2.22. The molecule has 0 aliphatic rings. The molecule has 0 aliphatic carbocycles. The molecule has 4 aromatic rings. The minimum Gasteiger partial charge on any atom is -0.471 e. The average Bonchev–Trinajstić information content (AvgIpc) is 3.39. The molecule has 1 N–H and O–H groups in total. The van der Waals surface area contributed by atoms with Crippen molar-refractivity contribution in [3.05, 3.63) is 94.5 Å². The maximum atomic E-state index is 12.5. The van der Waals surface area contributed by atoms with E-state index in [9.17, 15) is 4.79 Å². The summed E-state index contributed by atoms with van der Waals surface area (Å²) in [6, 6.07) is 15.2. The topological polar surface area (TPSA) is 74.0 Å². The van der Waals surface area contributed by atoms with Gasteiger partial charge in [0.2, 0.25) is 0 Å². The van der Waals surface area contributed by atoms with E-state index in [1.807, 2.05) is 31.2 Å². The fourth-order valence-electron chi connectivity index (χ4n) is 3.14. The van der Waals surface area contributed by atoms with E-state index in [2.05, 4.69) is 34.6 Å². The van der Waals surface area contributed by atoms with Gasteiger partial charge in [-0.2, -0.15) is 10.2 Å². The van der Waals surface area contributed by atoms with E-state index >= 15 is 0 Å². The van der Waals surface area contributed by atoms with Crippen LogP contribution in [0.15, 0.2) is 67.1 Å². The maximum absolute atomic E-state index is 12.5. The van der Waals surface area contributed by atoms with Gasteiger partial charge in [0.15, 0.2) is 12.4 Å². The highest BCUT2D eigenvalue weighted by molar-refractivity contribution is 6.30. The van der Waals surface area contributed by atoms with Crippen LogP contribution in [-0.4, -0.2) is 25.5 Å². The summed E-state index contributed by atoms with van der Waals surface area (Å²) < 4.78 is 9.11. The Labute approximate surface area is 185 Å². The van der Waals surface area contributed by atoms with Crippen molar-refractivity contribution in [2.45, 2.75) is 27.1 Å². The fraction of sp³-hybridized carbons (Fsp3) is 0.174. The van der Waals surface area contributed by atoms with Crippen molar-refractivity contribution >= 4 is 23.2 Å². The summed E-state index contributed by atoms with van der Waals surface area (Å²) in [6.45, 7) is 4.81. The van der Waals surface area contributed by atoms with Crippen molar-refractivity contribution in [1.29, 1.82) is 0 Å². The molecule has 4 rings (SSSR count). The molecule has 0 aliphatic heterocycles. The third kappa shape index (κ3) is 5.13. The van der Waals surface area contributed by atoms with Crippen LogP contribution >= 0.6 is 11.6 Å². The molecule has 158 valence electrons. The van der Waals surface area contributed by atoms with Crippen molar-refractivity contribution < 1.29 is 9.53 Å². The number of benzene rings is 2. The highest BCUT2D eigenvalue weighted by atomic mass is 35.5. The van der Waals surface area contributed by atoms with Crippen molar-refractivity contribution in [3.63, 3.8) is 0 Å². The molecule has 1 amide bonds. The first-order chi connectivity index (χ1) is 15.0. The lowest BCUT2D eigenvalue weighted by Crippen LogP contribution is -2.14. The van der Waals surface area contributed by atoms with Gasteiger partial charge in [-0.05, 0) is 54.8 Å². The molecule has 0 radical (unpaired) electrons. The van der Waals surface area contributed by atoms with E-state index in [-0.39, 0.29) is 12.6 Å². The van der Waals surface area contributed by atoms with Crippen LogP contribution in [0, 0.1) is 13.8 Å². The Kier molecular flexibility index (Phi) is 6.04. The number of aryl methyl sites for hydroxylation is 2. The van der Waals surface area contributed by atoms with E-state index < -0.39 is 0 Å². The van der Waals surface area contributed by atoms with Crippen LogP contribution in [0.25, 0.3) is 0 Å². The number of hydrogen-bond acceptors (Lipinski definition) is 4. The van der Waals surface area contributed by atoms with E-state index in [4.69, 9.17) is 16.3 Å². The van der Waals surface area contributed by atoms with Crippen LogP contribution in [0.2, 0.25) is 5.02 Å². The number of nitrogens with zero attached hydrogens (tertiary/aromatic N) is 4. The van der Waals surface area contributed by atoms with E-state index in [0.29, 0.717) is 28.7 Å². The second-order valence-corrected chi connectivity index (χ2v) is 7.67. The van der Waals surface area contributed by atoms with Crippen molar-refractivity contribution in [2.24, 2.45) is 0 Å². The lowest BCUT2D eigenvalue weighted by molar-refractivity contribution is 0.102. The Morgan fingerprint density at radius 3 is 2.74 bits per heavy atom. The first kappa shape index (κ1) is 20.7. The van der Waals surface area contributed by atoms with Gasteiger partial charge in [0.05, 0.1) is 18.4 Å². The maximum Gasteiger partial charge on any atom is 0.276 e. The number of ether oxygens (including phenoxy) is 1. The normalized spacial score (nSPS) is 10.8. The molecule has 0 spiro atoms. The van der Waals surface area contributed by atoms with Crippen molar-refractivity contribution in [3.8, 4) is 5.75 Å². The van der Waals surface area contributed by atoms with Crippen LogP contribution in [0.5, 0.6) is 5.75 Å². The quantitative estimate of drug-likeness (QED) is 0.457. The molecule has 2 heterocycles. The number of rotatable bonds is 7. The molecule has 0 saturated carbocycles. The van der Waals surface area contributed by atoms with E-state index in [1.165, 1.54) is 11.1 Å². The lowest BCUT2D eigenvalue weighted by atomic mass is 10.1. The molecule has 0 bridgehead atoms. The van der Waals surface area contributed by atoms with Gasteiger partial charge in [-0.25, -0.2) is 4.68 Å². The van der Waals surface area contributed by atoms with Gasteiger partial charge in [-0.15, -0.1) is 0 Å². The van der Waals surface area contributed by atoms with E-state index in [0.717, 1.165) is 5.56 Å². The summed E-state index contributed by atoms with van der Waals surface area (Å²) >= 11 is 5.96. The first-order valence-electron chi connectivity index (χ1n) is 9.78. The summed E-state index contributed by atoms with van der Waals surface area (Å²) in [7, 11) is 0. The van der Waals surface area contributed by atoms with Gasteiger partial charge < -0.3 is 10.1 Å². The van der Waals surface area contributed by atoms with Gasteiger partial charge in [0, 0.05) is 17.4 Å². The van der Waals surface area contributed by atoms with Gasteiger partial charge in [0.1, 0.15) is 5.75 Å². The van der Waals surface area contributed by atoms with Crippen molar-refractivity contribution in [1.82, 2.24) is 19.6 Å². The lowest BCUT2D eigenvalue weighted by Gasteiger charge is -2.09. The molecule has 0 unspecified atom stereocenters. The Morgan fingerprint density at radius 1 is 1.10 bits per heavy atom. The second kappa shape index (κ2) is 9.06. The number of nitrogens with one attached hydrogen (secondary N) is 1. The smallest absolute Gasteiger partial charge is 0.276 e. The first-order valence-corrected chi connectivity index (χ1v) is 10.2. The molecule has 8 heteroatoms. The van der Waals surface area contributed by atoms with Gasteiger partial charge in [0.25, 0.3) is 5.91 Å². The van der Waals surface area contributed by atoms with Crippen LogP contribution in [0.3, 0.4) is 0 Å². The molecule has 0 atom stereocenters. The molecule has 0 fully saturated rings. The van der Waals surface area contributed by atoms with Crippen LogP contribution in [0.1, 0.15) is 27.2 Å². The summed E-state index contributed by atoms with van der Waals surface area (Å²) in [5.74, 6) is 0.406. The number of carbonyl (C=O) groups is 1. The third-order valence-electron chi connectivity index (χ3n) is 4.85. The molecule has 2 aromatic heterocycles. The van der Waals surface area contributed by atoms with Crippen molar-refractivity contribution in [2.75, 3.05) is 5.32 Å². The number of halogens is 1. The SMILES string of the molecule is Cc1ccccc1Cn1cc(NC(=O)c2ccn(COc3ccc(Cl)cc3C)n2)cn1. The highest BCUT2D eigenvalue weighted by Gasteiger charge is 2.12. The number of hydrogen-bond donors (Lipinski definition) is 1. The number of aromatic nitrogens is 4. The minimum absolute atomic E-state index is 0.185. The van der Waals surface area contributed by atoms with Gasteiger partial charge in [-0.1, -0.05) is 35.9 Å². The largest absolute Gasteiger partial charge is 0.471 e. The van der Waals surface area contributed by atoms with Crippen LogP contribution in [0.4, 0.5) is 5.69 Å². The van der Waals surface area contributed by atoms with Crippen LogP contribution in [-0.2, 0) is 13.3 Å². The average molecular weight is 436 g/mol. The Hall–Kier alpha value is -3.58. The van der Waals surface area contributed by atoms with Crippen LogP contribution < -0.4 is 10.1 Å². The second-order valence-electron chi connectivity index (χ2n) is 7.23. The molecular formula is C23H22ClN5O2. The zero-order valence-electron chi connectivity index (χ0n) is 17.2.